The van der Waals surface area contributed by atoms with Gasteiger partial charge in [-0.2, -0.15) is 21.9 Å². The molecule has 1 saturated heterocycles. The molecule has 5 N–H and O–H groups in total. The minimum atomic E-state index is -2.36. The molecule has 0 saturated carbocycles. The number of carbonyl (C=O) groups excluding carboxylic acids is 1. The predicted octanol–water partition coefficient (Wildman–Crippen LogP) is 4.70. The van der Waals surface area contributed by atoms with E-state index in [-0.39, 0.29) is 0 Å². The van der Waals surface area contributed by atoms with Crippen LogP contribution in [-0.4, -0.2) is 31.5 Å². The second-order valence-electron chi connectivity index (χ2n) is 6.99. The molecule has 26 heavy (non-hydrogen) atoms. The van der Waals surface area contributed by atoms with Gasteiger partial charge in [-0.3, -0.25) is 13.9 Å². The first-order chi connectivity index (χ1) is 12.4. The molecule has 4 rings (SSSR count). The maximum Gasteiger partial charge on any atom is 0.250 e. The Morgan fingerprint density at radius 3 is 2.69 bits per heavy atom. The van der Waals surface area contributed by atoms with Crippen LogP contribution in [0.3, 0.4) is 0 Å². The molecule has 138 valence electrons. The van der Waals surface area contributed by atoms with Crippen molar-refractivity contribution >= 4 is 38.7 Å². The van der Waals surface area contributed by atoms with Gasteiger partial charge in [0, 0.05) is 23.1 Å². The number of aromatic nitrogens is 1. The van der Waals surface area contributed by atoms with E-state index in [4.69, 9.17) is 5.73 Å². The summed E-state index contributed by atoms with van der Waals surface area (Å²) in [5.41, 5.74) is 10.1. The maximum absolute atomic E-state index is 12.0. The van der Waals surface area contributed by atoms with Gasteiger partial charge in [-0.1, -0.05) is 0 Å². The average Bonchev–Trinajstić information content (AvgIpc) is 3.26. The molecule has 7 heteroatoms. The first-order valence-corrected chi connectivity index (χ1v) is 11.5. The molecular formula is C19H22N2O3S2. The highest BCUT2D eigenvalue weighted by molar-refractivity contribution is 8.24. The van der Waals surface area contributed by atoms with Crippen LogP contribution in [0.5, 0.6) is 0 Å². The molecular weight excluding hydrogens is 368 g/mol. The van der Waals surface area contributed by atoms with E-state index in [0.29, 0.717) is 23.0 Å². The lowest BCUT2D eigenvalue weighted by atomic mass is 9.92. The summed E-state index contributed by atoms with van der Waals surface area (Å²) in [6, 6.07) is 6.00. The normalized spacial score (nSPS) is 18.8. The van der Waals surface area contributed by atoms with Gasteiger partial charge in [0.1, 0.15) is 0 Å². The third-order valence-corrected chi connectivity index (χ3v) is 7.67. The molecule has 5 nitrogen and oxygen atoms in total. The molecule has 1 aromatic carbocycles. The van der Waals surface area contributed by atoms with Gasteiger partial charge in [-0.15, -0.1) is 0 Å². The molecule has 3 aromatic rings. The Morgan fingerprint density at radius 2 is 2.04 bits per heavy atom. The predicted molar refractivity (Wildman–Crippen MR) is 109 cm³/mol. The molecule has 0 spiro atoms. The summed E-state index contributed by atoms with van der Waals surface area (Å²) in [5, 5.41) is 5.10. The molecule has 1 aliphatic heterocycles. The molecule has 2 aromatic heterocycles. The molecule has 1 fully saturated rings. The lowest BCUT2D eigenvalue weighted by molar-refractivity contribution is 0.100. The first-order valence-electron chi connectivity index (χ1n) is 8.63. The van der Waals surface area contributed by atoms with Crippen molar-refractivity contribution in [1.29, 1.82) is 0 Å². The van der Waals surface area contributed by atoms with E-state index in [2.05, 4.69) is 16.4 Å². The van der Waals surface area contributed by atoms with Crippen LogP contribution in [0.25, 0.3) is 22.0 Å². The van der Waals surface area contributed by atoms with E-state index in [1.165, 1.54) is 0 Å². The van der Waals surface area contributed by atoms with Crippen LogP contribution in [0.2, 0.25) is 0 Å². The van der Waals surface area contributed by atoms with Gasteiger partial charge in [0.25, 0.3) is 5.91 Å². The van der Waals surface area contributed by atoms with Gasteiger partial charge < -0.3 is 10.7 Å². The quantitative estimate of drug-likeness (QED) is 0.519. The second kappa shape index (κ2) is 6.74. The third kappa shape index (κ3) is 3.40. The number of carbonyl (C=O) groups is 1. The van der Waals surface area contributed by atoms with E-state index in [1.807, 2.05) is 23.7 Å². The Balaban J connectivity index is 1.71. The van der Waals surface area contributed by atoms with Crippen molar-refractivity contribution in [1.82, 2.24) is 4.98 Å². The Morgan fingerprint density at radius 1 is 1.27 bits per heavy atom. The average molecular weight is 391 g/mol. The zero-order chi connectivity index (χ0) is 18.3. The standard InChI is InChI=1S/C19H22N2O3S2/c20-19(22)17-9-14(13-1-4-25-11-13)8-16-15(10-21-18(16)17)7-12-2-5-26(23,24)6-3-12/h1,4,8-12,21,23-24H,2-3,5-7H2,(H2,20,22). The number of fused-ring (bicyclic) bond motifs is 1. The van der Waals surface area contributed by atoms with Crippen LogP contribution in [0.4, 0.5) is 0 Å². The fourth-order valence-electron chi connectivity index (χ4n) is 3.72. The van der Waals surface area contributed by atoms with E-state index in [0.717, 1.165) is 46.9 Å². The van der Waals surface area contributed by atoms with Crippen molar-refractivity contribution < 1.29 is 13.9 Å². The Kier molecular flexibility index (Phi) is 4.56. The largest absolute Gasteiger partial charge is 0.366 e. The summed E-state index contributed by atoms with van der Waals surface area (Å²) >= 11 is 1.62. The summed E-state index contributed by atoms with van der Waals surface area (Å²) in [7, 11) is -2.36. The zero-order valence-corrected chi connectivity index (χ0v) is 15.9. The van der Waals surface area contributed by atoms with E-state index < -0.39 is 16.5 Å². The Hall–Kier alpha value is -1.80. The fraction of sp³-hybridized carbons (Fsp3) is 0.316. The van der Waals surface area contributed by atoms with E-state index in [1.54, 1.807) is 11.3 Å². The van der Waals surface area contributed by atoms with Crippen molar-refractivity contribution in [3.63, 3.8) is 0 Å². The van der Waals surface area contributed by atoms with Crippen LogP contribution in [0, 0.1) is 5.92 Å². The number of primary amides is 1. The Labute approximate surface area is 157 Å². The minimum absolute atomic E-state index is 0.427. The molecule has 0 bridgehead atoms. The first kappa shape index (κ1) is 17.6. The third-order valence-electron chi connectivity index (χ3n) is 5.21. The van der Waals surface area contributed by atoms with Gasteiger partial charge in [0.15, 0.2) is 0 Å². The minimum Gasteiger partial charge on any atom is -0.366 e. The summed E-state index contributed by atoms with van der Waals surface area (Å²) in [6.45, 7) is 0. The van der Waals surface area contributed by atoms with Gasteiger partial charge in [0.05, 0.1) is 11.1 Å². The number of rotatable bonds is 4. The summed E-state index contributed by atoms with van der Waals surface area (Å²) < 4.78 is 19.6. The Bertz CT molecular complexity index is 937. The lowest BCUT2D eigenvalue weighted by Crippen LogP contribution is -2.21. The number of H-pyrrole nitrogens is 1. The zero-order valence-electron chi connectivity index (χ0n) is 14.3. The van der Waals surface area contributed by atoms with Crippen molar-refractivity contribution in [2.75, 3.05) is 11.5 Å². The highest BCUT2D eigenvalue weighted by Gasteiger charge is 2.25. The summed E-state index contributed by atoms with van der Waals surface area (Å²) in [6.07, 6.45) is 4.46. The highest BCUT2D eigenvalue weighted by atomic mass is 32.3. The lowest BCUT2D eigenvalue weighted by Gasteiger charge is -2.39. The number of thiophene rings is 1. The molecule has 0 unspecified atom stereocenters. The number of hydrogen-bond donors (Lipinski definition) is 4. The van der Waals surface area contributed by atoms with Crippen LogP contribution in [-0.2, 0) is 6.42 Å². The maximum atomic E-state index is 12.0. The van der Waals surface area contributed by atoms with Crippen molar-refractivity contribution in [2.45, 2.75) is 19.3 Å². The highest BCUT2D eigenvalue weighted by Crippen LogP contribution is 2.46. The molecule has 0 aliphatic carbocycles. The number of aromatic amines is 1. The van der Waals surface area contributed by atoms with E-state index in [9.17, 15) is 13.9 Å². The number of hydrogen-bond acceptors (Lipinski definition) is 4. The second-order valence-corrected chi connectivity index (χ2v) is 10.2. The smallest absolute Gasteiger partial charge is 0.250 e. The number of nitrogens with two attached hydrogens (primary N) is 1. The van der Waals surface area contributed by atoms with Crippen molar-refractivity contribution in [2.24, 2.45) is 11.7 Å². The van der Waals surface area contributed by atoms with Gasteiger partial charge in [-0.25, -0.2) is 0 Å². The topological polar surface area (TPSA) is 99.3 Å². The van der Waals surface area contributed by atoms with Crippen LogP contribution in [0.1, 0.15) is 28.8 Å². The van der Waals surface area contributed by atoms with Gasteiger partial charge in [0.2, 0.25) is 0 Å². The van der Waals surface area contributed by atoms with Crippen molar-refractivity contribution in [3.8, 4) is 11.1 Å². The molecule has 1 aliphatic rings. The monoisotopic (exact) mass is 390 g/mol. The van der Waals surface area contributed by atoms with Gasteiger partial charge in [-0.05, 0) is 70.8 Å². The SMILES string of the molecule is NC(=O)c1cc(-c2ccsc2)cc2c(CC3CCS(O)(O)CC3)c[nH]c12. The van der Waals surface area contributed by atoms with Crippen LogP contribution >= 0.6 is 21.9 Å². The van der Waals surface area contributed by atoms with Crippen molar-refractivity contribution in [3.05, 3.63) is 46.3 Å². The number of amides is 1. The van der Waals surface area contributed by atoms with E-state index >= 15 is 0 Å². The summed E-state index contributed by atoms with van der Waals surface area (Å²) in [5.74, 6) is 0.974. The molecule has 0 atom stereocenters. The number of benzene rings is 1. The number of nitrogens with one attached hydrogen (secondary N) is 1. The van der Waals surface area contributed by atoms with Gasteiger partial charge >= 0.3 is 0 Å². The molecule has 1 amide bonds. The van der Waals surface area contributed by atoms with Crippen LogP contribution in [0.15, 0.2) is 35.2 Å². The summed E-state index contributed by atoms with van der Waals surface area (Å²) in [4.78, 5) is 15.2. The van der Waals surface area contributed by atoms with Crippen LogP contribution < -0.4 is 5.73 Å². The molecule has 3 heterocycles. The fourth-order valence-corrected chi connectivity index (χ4v) is 6.01. The molecule has 0 radical (unpaired) electrons.